The normalized spacial score (nSPS) is 8.15. The number of rotatable bonds is 2. The summed E-state index contributed by atoms with van der Waals surface area (Å²) >= 11 is 0. The van der Waals surface area contributed by atoms with E-state index in [1.54, 1.807) is 13.2 Å². The standard InChI is InChI=1S/C11H12O.CH4/c1-4-5-10-7-6-9(2)8-11(10)12-3;/h5-8H,1H2,2-3H3;1H4. The first kappa shape index (κ1) is 11.5. The van der Waals surface area contributed by atoms with Crippen LogP contribution in [0.15, 0.2) is 30.5 Å². The molecule has 0 saturated carbocycles. The van der Waals surface area contributed by atoms with Crippen LogP contribution in [-0.2, 0) is 0 Å². The molecule has 0 unspecified atom stereocenters. The van der Waals surface area contributed by atoms with Gasteiger partial charge in [-0.05, 0) is 24.6 Å². The molecular formula is C12H16O. The molecule has 0 N–H and O–H groups in total. The van der Waals surface area contributed by atoms with Crippen LogP contribution in [0.4, 0.5) is 0 Å². The summed E-state index contributed by atoms with van der Waals surface area (Å²) in [5, 5.41) is 0. The molecule has 0 saturated heterocycles. The number of hydrogen-bond donors (Lipinski definition) is 0. The van der Waals surface area contributed by atoms with Gasteiger partial charge in [-0.15, -0.1) is 5.73 Å². The van der Waals surface area contributed by atoms with E-state index in [2.05, 4.69) is 12.3 Å². The third-order valence-corrected chi connectivity index (χ3v) is 1.65. The van der Waals surface area contributed by atoms with Crippen LogP contribution in [0.3, 0.4) is 0 Å². The highest BCUT2D eigenvalue weighted by Gasteiger charge is 1.97. The Morgan fingerprint density at radius 2 is 2.15 bits per heavy atom. The molecule has 0 aliphatic heterocycles. The van der Waals surface area contributed by atoms with E-state index < -0.39 is 0 Å². The van der Waals surface area contributed by atoms with Crippen molar-refractivity contribution in [2.24, 2.45) is 0 Å². The molecule has 0 amide bonds. The van der Waals surface area contributed by atoms with E-state index in [1.807, 2.05) is 25.1 Å². The molecule has 0 radical (unpaired) electrons. The smallest absolute Gasteiger partial charge is 0.126 e. The molecule has 0 atom stereocenters. The van der Waals surface area contributed by atoms with Gasteiger partial charge in [-0.25, -0.2) is 0 Å². The predicted octanol–water partition coefficient (Wildman–Crippen LogP) is 3.44. The van der Waals surface area contributed by atoms with Gasteiger partial charge < -0.3 is 4.74 Å². The maximum atomic E-state index is 5.18. The maximum Gasteiger partial charge on any atom is 0.126 e. The second-order valence-corrected chi connectivity index (χ2v) is 2.59. The van der Waals surface area contributed by atoms with Crippen molar-refractivity contribution in [2.75, 3.05) is 7.11 Å². The summed E-state index contributed by atoms with van der Waals surface area (Å²) in [5.74, 6) is 0.867. The number of methoxy groups -OCH3 is 1. The Kier molecular flexibility index (Phi) is 4.64. The first-order chi connectivity index (χ1) is 5.77. The minimum Gasteiger partial charge on any atom is -0.496 e. The maximum absolute atomic E-state index is 5.18. The average Bonchev–Trinajstić information content (AvgIpc) is 2.08. The highest BCUT2D eigenvalue weighted by Crippen LogP contribution is 2.20. The molecule has 13 heavy (non-hydrogen) atoms. The van der Waals surface area contributed by atoms with Gasteiger partial charge in [-0.1, -0.05) is 26.1 Å². The van der Waals surface area contributed by atoms with E-state index in [0.29, 0.717) is 0 Å². The molecule has 1 nitrogen and oxygen atoms in total. The molecule has 1 rings (SSSR count). The van der Waals surface area contributed by atoms with Gasteiger partial charge in [-0.2, -0.15) is 0 Å². The SMILES string of the molecule is C.C=C=Cc1ccc(C)cc1OC. The quantitative estimate of drug-likeness (QED) is 0.627. The molecule has 0 aliphatic carbocycles. The first-order valence-electron chi connectivity index (χ1n) is 3.78. The van der Waals surface area contributed by atoms with Crippen molar-refractivity contribution in [2.45, 2.75) is 14.4 Å². The van der Waals surface area contributed by atoms with Crippen LogP contribution in [0.25, 0.3) is 6.08 Å². The highest BCUT2D eigenvalue weighted by molar-refractivity contribution is 5.57. The molecule has 1 heteroatoms. The summed E-state index contributed by atoms with van der Waals surface area (Å²) in [6.45, 7) is 5.55. The van der Waals surface area contributed by atoms with Gasteiger partial charge in [0.05, 0.1) is 7.11 Å². The van der Waals surface area contributed by atoms with Crippen molar-refractivity contribution in [3.05, 3.63) is 41.6 Å². The third-order valence-electron chi connectivity index (χ3n) is 1.65. The van der Waals surface area contributed by atoms with Crippen molar-refractivity contribution < 1.29 is 4.74 Å². The lowest BCUT2D eigenvalue weighted by Gasteiger charge is -2.04. The first-order valence-corrected chi connectivity index (χ1v) is 3.78. The van der Waals surface area contributed by atoms with Gasteiger partial charge in [0.15, 0.2) is 0 Å². The summed E-state index contributed by atoms with van der Waals surface area (Å²) in [5.41, 5.74) is 4.92. The van der Waals surface area contributed by atoms with Crippen molar-refractivity contribution in [1.82, 2.24) is 0 Å². The minimum atomic E-state index is 0. The summed E-state index contributed by atoms with van der Waals surface area (Å²) in [6.07, 6.45) is 1.80. The van der Waals surface area contributed by atoms with E-state index >= 15 is 0 Å². The van der Waals surface area contributed by atoms with E-state index in [9.17, 15) is 0 Å². The van der Waals surface area contributed by atoms with E-state index in [0.717, 1.165) is 11.3 Å². The lowest BCUT2D eigenvalue weighted by atomic mass is 10.1. The van der Waals surface area contributed by atoms with Gasteiger partial charge in [0.2, 0.25) is 0 Å². The van der Waals surface area contributed by atoms with Crippen LogP contribution in [-0.4, -0.2) is 7.11 Å². The molecule has 0 heterocycles. The zero-order valence-electron chi connectivity index (χ0n) is 7.42. The number of benzene rings is 1. The monoisotopic (exact) mass is 176 g/mol. The molecular weight excluding hydrogens is 160 g/mol. The number of aryl methyl sites for hydroxylation is 1. The van der Waals surface area contributed by atoms with Crippen molar-refractivity contribution in [3.8, 4) is 5.75 Å². The van der Waals surface area contributed by atoms with Gasteiger partial charge in [0.1, 0.15) is 5.75 Å². The van der Waals surface area contributed by atoms with Crippen LogP contribution >= 0.6 is 0 Å². The van der Waals surface area contributed by atoms with Crippen molar-refractivity contribution >= 4 is 6.08 Å². The van der Waals surface area contributed by atoms with Crippen LogP contribution in [0.1, 0.15) is 18.6 Å². The van der Waals surface area contributed by atoms with Gasteiger partial charge in [0, 0.05) is 5.56 Å². The van der Waals surface area contributed by atoms with Gasteiger partial charge in [0.25, 0.3) is 0 Å². The van der Waals surface area contributed by atoms with Gasteiger partial charge >= 0.3 is 0 Å². The molecule has 1 aromatic carbocycles. The minimum absolute atomic E-state index is 0. The second-order valence-electron chi connectivity index (χ2n) is 2.59. The Morgan fingerprint density at radius 1 is 1.46 bits per heavy atom. The van der Waals surface area contributed by atoms with E-state index in [1.165, 1.54) is 5.56 Å². The zero-order chi connectivity index (χ0) is 8.97. The molecule has 0 aromatic heterocycles. The largest absolute Gasteiger partial charge is 0.496 e. The van der Waals surface area contributed by atoms with Crippen molar-refractivity contribution in [1.29, 1.82) is 0 Å². The number of hydrogen-bond acceptors (Lipinski definition) is 1. The fraction of sp³-hybridized carbons (Fsp3) is 0.250. The fourth-order valence-corrected chi connectivity index (χ4v) is 1.05. The topological polar surface area (TPSA) is 9.23 Å². The highest BCUT2D eigenvalue weighted by atomic mass is 16.5. The van der Waals surface area contributed by atoms with Crippen molar-refractivity contribution in [3.63, 3.8) is 0 Å². The molecule has 0 aliphatic rings. The van der Waals surface area contributed by atoms with Gasteiger partial charge in [-0.3, -0.25) is 0 Å². The van der Waals surface area contributed by atoms with Crippen LogP contribution in [0, 0.1) is 6.92 Å². The molecule has 0 bridgehead atoms. The molecule has 0 spiro atoms. The lowest BCUT2D eigenvalue weighted by Crippen LogP contribution is -1.87. The Morgan fingerprint density at radius 3 is 2.69 bits per heavy atom. The summed E-state index contributed by atoms with van der Waals surface area (Å²) < 4.78 is 5.18. The van der Waals surface area contributed by atoms with E-state index in [-0.39, 0.29) is 7.43 Å². The lowest BCUT2D eigenvalue weighted by molar-refractivity contribution is 0.413. The Bertz CT molecular complexity index is 320. The second kappa shape index (κ2) is 5.23. The average molecular weight is 176 g/mol. The molecule has 0 fully saturated rings. The van der Waals surface area contributed by atoms with Crippen LogP contribution in [0.2, 0.25) is 0 Å². The third kappa shape index (κ3) is 2.81. The van der Waals surface area contributed by atoms with Crippen LogP contribution in [0.5, 0.6) is 5.75 Å². The Balaban J connectivity index is 0.00000144. The van der Waals surface area contributed by atoms with E-state index in [4.69, 9.17) is 4.74 Å². The Labute approximate surface area is 80.4 Å². The summed E-state index contributed by atoms with van der Waals surface area (Å²) in [4.78, 5) is 0. The predicted molar refractivity (Wildman–Crippen MR) is 58.1 cm³/mol. The molecule has 1 aromatic rings. The molecule has 70 valence electrons. The Hall–Kier alpha value is -1.46. The fourth-order valence-electron chi connectivity index (χ4n) is 1.05. The van der Waals surface area contributed by atoms with Crippen LogP contribution < -0.4 is 4.74 Å². The number of ether oxygens (including phenoxy) is 1. The summed E-state index contributed by atoms with van der Waals surface area (Å²) in [6, 6.07) is 6.02. The zero-order valence-corrected chi connectivity index (χ0v) is 7.42. The summed E-state index contributed by atoms with van der Waals surface area (Å²) in [7, 11) is 1.66.